The number of nitrogens with two attached hydrogens (primary N) is 1. The molecule has 0 amide bonds. The van der Waals surface area contributed by atoms with Crippen molar-refractivity contribution in [2.24, 2.45) is 5.73 Å². The Morgan fingerprint density at radius 2 is 2.00 bits per heavy atom. The highest BCUT2D eigenvalue weighted by Crippen LogP contribution is 2.25. The van der Waals surface area contributed by atoms with Crippen molar-refractivity contribution in [3.63, 3.8) is 0 Å². The third kappa shape index (κ3) is 3.74. The molecule has 0 aliphatic rings. The van der Waals surface area contributed by atoms with E-state index in [1.807, 2.05) is 25.1 Å². The first-order valence-corrected chi connectivity index (χ1v) is 5.90. The summed E-state index contributed by atoms with van der Waals surface area (Å²) in [7, 11) is 0. The van der Waals surface area contributed by atoms with Crippen molar-refractivity contribution in [3.8, 4) is 11.5 Å². The fourth-order valence-electron chi connectivity index (χ4n) is 1.50. The zero-order chi connectivity index (χ0) is 11.8. The molecular weight excluding hydrogens is 202 g/mol. The fraction of sp³-hybridized carbons (Fsp3) is 0.538. The van der Waals surface area contributed by atoms with E-state index >= 15 is 0 Å². The van der Waals surface area contributed by atoms with Gasteiger partial charge in [-0.3, -0.25) is 0 Å². The standard InChI is InChI=1S/C13H21NO2/c1-3-9-16-12-6-5-11(7-8-14)13(10-12)15-4-2/h5-6,10H,3-4,7-9,14H2,1-2H3. The minimum Gasteiger partial charge on any atom is -0.493 e. The summed E-state index contributed by atoms with van der Waals surface area (Å²) in [4.78, 5) is 0. The van der Waals surface area contributed by atoms with Gasteiger partial charge in [-0.25, -0.2) is 0 Å². The normalized spacial score (nSPS) is 10.2. The first kappa shape index (κ1) is 12.8. The summed E-state index contributed by atoms with van der Waals surface area (Å²) in [5.41, 5.74) is 6.70. The quantitative estimate of drug-likeness (QED) is 0.772. The van der Waals surface area contributed by atoms with E-state index in [9.17, 15) is 0 Å². The van der Waals surface area contributed by atoms with Crippen LogP contribution in [-0.2, 0) is 6.42 Å². The van der Waals surface area contributed by atoms with Gasteiger partial charge in [0.15, 0.2) is 0 Å². The third-order valence-electron chi connectivity index (χ3n) is 2.22. The minimum absolute atomic E-state index is 0.634. The molecule has 1 rings (SSSR count). The Balaban J connectivity index is 2.79. The van der Waals surface area contributed by atoms with Crippen LogP contribution in [0.1, 0.15) is 25.8 Å². The maximum atomic E-state index is 5.57. The average molecular weight is 223 g/mol. The second-order valence-corrected chi connectivity index (χ2v) is 3.59. The van der Waals surface area contributed by atoms with Crippen LogP contribution in [-0.4, -0.2) is 19.8 Å². The summed E-state index contributed by atoms with van der Waals surface area (Å²) in [6, 6.07) is 5.95. The molecule has 0 radical (unpaired) electrons. The van der Waals surface area contributed by atoms with E-state index in [1.54, 1.807) is 0 Å². The topological polar surface area (TPSA) is 44.5 Å². The summed E-state index contributed by atoms with van der Waals surface area (Å²) < 4.78 is 11.1. The molecule has 0 spiro atoms. The van der Waals surface area contributed by atoms with Gasteiger partial charge >= 0.3 is 0 Å². The summed E-state index contributed by atoms with van der Waals surface area (Å²) in [5.74, 6) is 1.76. The summed E-state index contributed by atoms with van der Waals surface area (Å²) >= 11 is 0. The molecule has 0 atom stereocenters. The molecule has 1 aromatic rings. The molecule has 0 aliphatic carbocycles. The van der Waals surface area contributed by atoms with Gasteiger partial charge < -0.3 is 15.2 Å². The van der Waals surface area contributed by atoms with Gasteiger partial charge in [0.25, 0.3) is 0 Å². The Morgan fingerprint density at radius 1 is 1.19 bits per heavy atom. The molecule has 1 aromatic carbocycles. The van der Waals surface area contributed by atoms with E-state index in [0.29, 0.717) is 13.2 Å². The van der Waals surface area contributed by atoms with Crippen LogP contribution < -0.4 is 15.2 Å². The second-order valence-electron chi connectivity index (χ2n) is 3.59. The SMILES string of the molecule is CCCOc1ccc(CCN)c(OCC)c1. The molecule has 3 heteroatoms. The highest BCUT2D eigenvalue weighted by molar-refractivity contribution is 5.41. The smallest absolute Gasteiger partial charge is 0.126 e. The van der Waals surface area contributed by atoms with Crippen LogP contribution in [0.3, 0.4) is 0 Å². The Kier molecular flexibility index (Phi) is 5.72. The molecule has 0 saturated heterocycles. The predicted molar refractivity (Wildman–Crippen MR) is 66.2 cm³/mol. The molecule has 0 unspecified atom stereocenters. The largest absolute Gasteiger partial charge is 0.493 e. The Hall–Kier alpha value is -1.22. The lowest BCUT2D eigenvalue weighted by atomic mass is 10.1. The zero-order valence-corrected chi connectivity index (χ0v) is 10.2. The van der Waals surface area contributed by atoms with Crippen LogP contribution >= 0.6 is 0 Å². The van der Waals surface area contributed by atoms with E-state index in [1.165, 1.54) is 0 Å². The first-order valence-electron chi connectivity index (χ1n) is 5.90. The molecule has 3 nitrogen and oxygen atoms in total. The maximum absolute atomic E-state index is 5.57. The number of rotatable bonds is 7. The molecule has 0 bridgehead atoms. The average Bonchev–Trinajstić information content (AvgIpc) is 2.30. The highest BCUT2D eigenvalue weighted by Gasteiger charge is 2.05. The number of hydrogen-bond acceptors (Lipinski definition) is 3. The van der Waals surface area contributed by atoms with Crippen LogP contribution in [0, 0.1) is 0 Å². The van der Waals surface area contributed by atoms with Crippen molar-refractivity contribution in [2.75, 3.05) is 19.8 Å². The van der Waals surface area contributed by atoms with Gasteiger partial charge in [0.1, 0.15) is 11.5 Å². The number of hydrogen-bond donors (Lipinski definition) is 1. The lowest BCUT2D eigenvalue weighted by molar-refractivity contribution is 0.307. The van der Waals surface area contributed by atoms with Gasteiger partial charge in [0.05, 0.1) is 13.2 Å². The first-order chi connectivity index (χ1) is 7.81. The van der Waals surface area contributed by atoms with E-state index in [0.717, 1.165) is 36.5 Å². The van der Waals surface area contributed by atoms with Crippen LogP contribution in [0.4, 0.5) is 0 Å². The van der Waals surface area contributed by atoms with Gasteiger partial charge in [-0.2, -0.15) is 0 Å². The van der Waals surface area contributed by atoms with Crippen molar-refractivity contribution in [2.45, 2.75) is 26.7 Å². The number of ether oxygens (including phenoxy) is 2. The Labute approximate surface area is 97.6 Å². The molecule has 0 saturated carbocycles. The molecule has 90 valence electrons. The molecule has 0 fully saturated rings. The van der Waals surface area contributed by atoms with E-state index in [2.05, 4.69) is 6.92 Å². The van der Waals surface area contributed by atoms with Crippen molar-refractivity contribution in [3.05, 3.63) is 23.8 Å². The van der Waals surface area contributed by atoms with Crippen LogP contribution in [0.5, 0.6) is 11.5 Å². The van der Waals surface area contributed by atoms with E-state index in [-0.39, 0.29) is 0 Å². The maximum Gasteiger partial charge on any atom is 0.126 e. The lowest BCUT2D eigenvalue weighted by Gasteiger charge is -2.12. The fourth-order valence-corrected chi connectivity index (χ4v) is 1.50. The summed E-state index contributed by atoms with van der Waals surface area (Å²) in [6.45, 7) is 6.10. The number of benzene rings is 1. The van der Waals surface area contributed by atoms with Crippen molar-refractivity contribution >= 4 is 0 Å². The van der Waals surface area contributed by atoms with Gasteiger partial charge in [-0.1, -0.05) is 13.0 Å². The molecule has 16 heavy (non-hydrogen) atoms. The molecule has 0 aliphatic heterocycles. The Bertz CT molecular complexity index is 313. The second kappa shape index (κ2) is 7.12. The van der Waals surface area contributed by atoms with Crippen LogP contribution in [0.25, 0.3) is 0 Å². The lowest BCUT2D eigenvalue weighted by Crippen LogP contribution is -2.06. The van der Waals surface area contributed by atoms with Gasteiger partial charge in [0, 0.05) is 6.07 Å². The van der Waals surface area contributed by atoms with E-state index < -0.39 is 0 Å². The van der Waals surface area contributed by atoms with Crippen molar-refractivity contribution in [1.29, 1.82) is 0 Å². The highest BCUT2D eigenvalue weighted by atomic mass is 16.5. The zero-order valence-electron chi connectivity index (χ0n) is 10.2. The van der Waals surface area contributed by atoms with Crippen molar-refractivity contribution in [1.82, 2.24) is 0 Å². The van der Waals surface area contributed by atoms with E-state index in [4.69, 9.17) is 15.2 Å². The van der Waals surface area contributed by atoms with Crippen LogP contribution in [0.15, 0.2) is 18.2 Å². The Morgan fingerprint density at radius 3 is 2.62 bits per heavy atom. The summed E-state index contributed by atoms with van der Waals surface area (Å²) in [5, 5.41) is 0. The monoisotopic (exact) mass is 223 g/mol. The third-order valence-corrected chi connectivity index (χ3v) is 2.22. The predicted octanol–water partition coefficient (Wildman–Crippen LogP) is 2.38. The van der Waals surface area contributed by atoms with Gasteiger partial charge in [-0.05, 0) is 37.9 Å². The molecule has 0 aromatic heterocycles. The molecular formula is C13H21NO2. The van der Waals surface area contributed by atoms with Crippen molar-refractivity contribution < 1.29 is 9.47 Å². The van der Waals surface area contributed by atoms with Gasteiger partial charge in [-0.15, -0.1) is 0 Å². The van der Waals surface area contributed by atoms with Crippen LogP contribution in [0.2, 0.25) is 0 Å². The minimum atomic E-state index is 0.634. The summed E-state index contributed by atoms with van der Waals surface area (Å²) in [6.07, 6.45) is 1.85. The van der Waals surface area contributed by atoms with Gasteiger partial charge in [0.2, 0.25) is 0 Å². The molecule has 2 N–H and O–H groups in total. The molecule has 0 heterocycles.